The highest BCUT2D eigenvalue weighted by molar-refractivity contribution is 6.38. The monoisotopic (exact) mass is 282 g/mol. The average Bonchev–Trinajstić information content (AvgIpc) is 2.27. The number of carbonyl (C=O) groups excluding carboxylic acids is 1. The number of nitrogens with two attached hydrogens (primary N) is 1. The van der Waals surface area contributed by atoms with E-state index in [1.165, 1.54) is 0 Å². The molecule has 5 heteroatoms. The molecule has 94 valence electrons. The van der Waals surface area contributed by atoms with Crippen molar-refractivity contribution in [3.63, 3.8) is 0 Å². The quantitative estimate of drug-likeness (QED) is 0.939. The molecule has 0 saturated carbocycles. The third-order valence-electron chi connectivity index (χ3n) is 2.69. The normalized spacial score (nSPS) is 10.8. The Morgan fingerprint density at radius 3 is 2.72 bits per heavy atom. The zero-order chi connectivity index (χ0) is 13.3. The van der Waals surface area contributed by atoms with E-state index in [-0.39, 0.29) is 5.91 Å². The van der Waals surface area contributed by atoms with Crippen LogP contribution in [0, 0.1) is 6.92 Å². The highest BCUT2D eigenvalue weighted by Crippen LogP contribution is 2.29. The number of nitrogens with zero attached hydrogens (tertiary/aromatic N) is 1. The van der Waals surface area contributed by atoms with Gasteiger partial charge >= 0.3 is 0 Å². The number of amides is 1. The van der Waals surface area contributed by atoms with E-state index in [2.05, 4.69) is 4.98 Å². The molecule has 0 fully saturated rings. The molecule has 2 N–H and O–H groups in total. The molecule has 2 rings (SSSR count). The summed E-state index contributed by atoms with van der Waals surface area (Å²) in [6.45, 7) is 1.89. The summed E-state index contributed by atoms with van der Waals surface area (Å²) in [5, 5.41) is 1.94. The second-order valence-corrected chi connectivity index (χ2v) is 5.02. The van der Waals surface area contributed by atoms with Crippen LogP contribution in [0.5, 0.6) is 0 Å². The van der Waals surface area contributed by atoms with E-state index in [0.29, 0.717) is 28.4 Å². The molecule has 0 saturated heterocycles. The first-order valence-corrected chi connectivity index (χ1v) is 6.26. The average molecular weight is 283 g/mol. The summed E-state index contributed by atoms with van der Waals surface area (Å²) in [5.74, 6) is -0.328. The minimum absolute atomic E-state index is 0.294. The van der Waals surface area contributed by atoms with Gasteiger partial charge in [0.25, 0.3) is 0 Å². The van der Waals surface area contributed by atoms with E-state index in [1.54, 1.807) is 6.07 Å². The Bertz CT molecular complexity index is 626. The van der Waals surface area contributed by atoms with Crippen LogP contribution < -0.4 is 5.73 Å². The van der Waals surface area contributed by atoms with E-state index in [9.17, 15) is 4.79 Å². The van der Waals surface area contributed by atoms with Gasteiger partial charge in [0.15, 0.2) is 0 Å². The van der Waals surface area contributed by atoms with Gasteiger partial charge in [-0.25, -0.2) is 0 Å². The summed E-state index contributed by atoms with van der Waals surface area (Å²) in [7, 11) is 0. The number of halogens is 2. The predicted molar refractivity (Wildman–Crippen MR) is 74.0 cm³/mol. The first kappa shape index (κ1) is 13.1. The van der Waals surface area contributed by atoms with Gasteiger partial charge < -0.3 is 5.73 Å². The summed E-state index contributed by atoms with van der Waals surface area (Å²) in [4.78, 5) is 15.3. The minimum atomic E-state index is -0.328. The third kappa shape index (κ3) is 2.74. The van der Waals surface area contributed by atoms with Gasteiger partial charge in [0.2, 0.25) is 5.91 Å². The molecular weight excluding hydrogens is 271 g/mol. The number of fused-ring (bicyclic) bond motifs is 1. The summed E-state index contributed by atoms with van der Waals surface area (Å²) >= 11 is 12.1. The summed E-state index contributed by atoms with van der Waals surface area (Å²) < 4.78 is 0. The van der Waals surface area contributed by atoms with Gasteiger partial charge in [-0.15, -0.1) is 0 Å². The number of hydrogen-bond acceptors (Lipinski definition) is 2. The van der Waals surface area contributed by atoms with E-state index < -0.39 is 0 Å². The van der Waals surface area contributed by atoms with Crippen molar-refractivity contribution in [1.82, 2.24) is 4.98 Å². The molecule has 0 spiro atoms. The third-order valence-corrected chi connectivity index (χ3v) is 3.19. The smallest absolute Gasteiger partial charge is 0.217 e. The van der Waals surface area contributed by atoms with Crippen LogP contribution in [0.25, 0.3) is 10.9 Å². The van der Waals surface area contributed by atoms with Crippen molar-refractivity contribution in [3.8, 4) is 0 Å². The Morgan fingerprint density at radius 1 is 1.33 bits per heavy atom. The minimum Gasteiger partial charge on any atom is -0.370 e. The van der Waals surface area contributed by atoms with Crippen LogP contribution in [0.4, 0.5) is 0 Å². The van der Waals surface area contributed by atoms with Gasteiger partial charge in [0.1, 0.15) is 0 Å². The van der Waals surface area contributed by atoms with Crippen LogP contribution in [-0.2, 0) is 11.2 Å². The Hall–Kier alpha value is -1.32. The second-order valence-electron chi connectivity index (χ2n) is 4.17. The number of aromatic nitrogens is 1. The number of rotatable bonds is 3. The van der Waals surface area contributed by atoms with Crippen molar-refractivity contribution in [2.24, 2.45) is 5.73 Å². The lowest BCUT2D eigenvalue weighted by Crippen LogP contribution is -2.11. The zero-order valence-electron chi connectivity index (χ0n) is 9.84. The molecule has 3 nitrogen and oxygen atoms in total. The lowest BCUT2D eigenvalue weighted by atomic mass is 10.0. The van der Waals surface area contributed by atoms with Crippen molar-refractivity contribution >= 4 is 40.0 Å². The van der Waals surface area contributed by atoms with Gasteiger partial charge in [-0.1, -0.05) is 23.2 Å². The predicted octanol–water partition coefficient (Wildman–Crippen LogP) is 3.27. The summed E-state index contributed by atoms with van der Waals surface area (Å²) in [6, 6.07) is 5.40. The van der Waals surface area contributed by atoms with E-state index in [4.69, 9.17) is 28.9 Å². The standard InChI is InChI=1S/C13H12Cl2N2O/c1-7-4-8(2-3-12(16)18)10-5-9(14)6-11(15)13(10)17-7/h4-6H,2-3H2,1H3,(H2,16,18). The maximum Gasteiger partial charge on any atom is 0.217 e. The molecule has 0 aliphatic rings. The first-order valence-electron chi connectivity index (χ1n) is 5.51. The van der Waals surface area contributed by atoms with Crippen LogP contribution in [0.1, 0.15) is 17.7 Å². The van der Waals surface area contributed by atoms with Gasteiger partial charge in [-0.3, -0.25) is 9.78 Å². The second kappa shape index (κ2) is 5.12. The number of primary amides is 1. The van der Waals surface area contributed by atoms with Crippen LogP contribution >= 0.6 is 23.2 Å². The number of pyridine rings is 1. The van der Waals surface area contributed by atoms with Crippen LogP contribution in [0.3, 0.4) is 0 Å². The van der Waals surface area contributed by atoms with Crippen LogP contribution in [0.15, 0.2) is 18.2 Å². The van der Waals surface area contributed by atoms with Crippen molar-refractivity contribution in [1.29, 1.82) is 0 Å². The fourth-order valence-electron chi connectivity index (χ4n) is 1.93. The Morgan fingerprint density at radius 2 is 2.06 bits per heavy atom. The van der Waals surface area contributed by atoms with Crippen LogP contribution in [0.2, 0.25) is 10.0 Å². The molecule has 0 bridgehead atoms. The van der Waals surface area contributed by atoms with E-state index in [0.717, 1.165) is 16.6 Å². The van der Waals surface area contributed by atoms with Crippen molar-refractivity contribution < 1.29 is 4.79 Å². The fraction of sp³-hybridized carbons (Fsp3) is 0.231. The highest BCUT2D eigenvalue weighted by atomic mass is 35.5. The lowest BCUT2D eigenvalue weighted by molar-refractivity contribution is -0.117. The number of hydrogen-bond donors (Lipinski definition) is 1. The molecule has 1 amide bonds. The summed E-state index contributed by atoms with van der Waals surface area (Å²) in [5.41, 5.74) is 7.72. The van der Waals surface area contributed by atoms with Crippen LogP contribution in [-0.4, -0.2) is 10.9 Å². The molecule has 1 aromatic heterocycles. The van der Waals surface area contributed by atoms with Gasteiger partial charge in [-0.2, -0.15) is 0 Å². The lowest BCUT2D eigenvalue weighted by Gasteiger charge is -2.09. The highest BCUT2D eigenvalue weighted by Gasteiger charge is 2.09. The Labute approximate surface area is 115 Å². The number of aryl methyl sites for hydroxylation is 2. The van der Waals surface area contributed by atoms with Gasteiger partial charge in [0, 0.05) is 22.5 Å². The van der Waals surface area contributed by atoms with Crippen molar-refractivity contribution in [2.75, 3.05) is 0 Å². The SMILES string of the molecule is Cc1cc(CCC(N)=O)c2cc(Cl)cc(Cl)c2n1. The summed E-state index contributed by atoms with van der Waals surface area (Å²) in [6.07, 6.45) is 0.856. The number of carbonyl (C=O) groups is 1. The fourth-order valence-corrected chi connectivity index (χ4v) is 2.46. The largest absolute Gasteiger partial charge is 0.370 e. The molecule has 0 radical (unpaired) electrons. The Kier molecular flexibility index (Phi) is 3.73. The molecular formula is C13H12Cl2N2O. The van der Waals surface area contributed by atoms with Crippen molar-refractivity contribution in [3.05, 3.63) is 39.5 Å². The zero-order valence-corrected chi connectivity index (χ0v) is 11.3. The topological polar surface area (TPSA) is 56.0 Å². The van der Waals surface area contributed by atoms with Gasteiger partial charge in [0.05, 0.1) is 10.5 Å². The first-order chi connectivity index (χ1) is 8.47. The van der Waals surface area contributed by atoms with E-state index >= 15 is 0 Å². The molecule has 0 aliphatic carbocycles. The number of benzene rings is 1. The maximum atomic E-state index is 10.9. The molecule has 2 aromatic rings. The maximum absolute atomic E-state index is 10.9. The van der Waals surface area contributed by atoms with E-state index in [1.807, 2.05) is 19.1 Å². The molecule has 1 heterocycles. The van der Waals surface area contributed by atoms with Gasteiger partial charge in [-0.05, 0) is 37.1 Å². The molecule has 0 atom stereocenters. The molecule has 1 aromatic carbocycles. The Balaban J connectivity index is 2.60. The molecule has 18 heavy (non-hydrogen) atoms. The molecule has 0 unspecified atom stereocenters. The van der Waals surface area contributed by atoms with Crippen molar-refractivity contribution in [2.45, 2.75) is 19.8 Å². The molecule has 0 aliphatic heterocycles.